The van der Waals surface area contributed by atoms with Gasteiger partial charge in [-0.15, -0.1) is 13.2 Å². The third kappa shape index (κ3) is 7.14. The van der Waals surface area contributed by atoms with E-state index in [-0.39, 0.29) is 5.75 Å². The first-order chi connectivity index (χ1) is 11.5. The minimum atomic E-state index is -4.61. The lowest BCUT2D eigenvalue weighted by atomic mass is 9.78. The van der Waals surface area contributed by atoms with E-state index in [0.29, 0.717) is 0 Å². The van der Waals surface area contributed by atoms with Crippen molar-refractivity contribution in [2.24, 2.45) is 11.8 Å². The predicted molar refractivity (Wildman–Crippen MR) is 91.0 cm³/mol. The molecule has 1 aromatic rings. The second-order valence-corrected chi connectivity index (χ2v) is 7.11. The highest BCUT2D eigenvalue weighted by atomic mass is 19.4. The van der Waals surface area contributed by atoms with Crippen molar-refractivity contribution in [2.45, 2.75) is 77.5 Å². The van der Waals surface area contributed by atoms with Gasteiger partial charge in [0.1, 0.15) is 5.75 Å². The van der Waals surface area contributed by atoms with Gasteiger partial charge in [-0.05, 0) is 42.4 Å². The molecular formula is C20H29F3O. The van der Waals surface area contributed by atoms with Gasteiger partial charge in [0.05, 0.1) is 0 Å². The molecule has 0 heterocycles. The quantitative estimate of drug-likeness (QED) is 0.467. The van der Waals surface area contributed by atoms with E-state index in [0.717, 1.165) is 30.2 Å². The van der Waals surface area contributed by atoms with E-state index in [4.69, 9.17) is 0 Å². The smallest absolute Gasteiger partial charge is 0.406 e. The van der Waals surface area contributed by atoms with Crippen LogP contribution in [-0.2, 0) is 6.42 Å². The van der Waals surface area contributed by atoms with Crippen LogP contribution in [0.3, 0.4) is 0 Å². The summed E-state index contributed by atoms with van der Waals surface area (Å²) in [4.78, 5) is 0. The number of halogens is 3. The largest absolute Gasteiger partial charge is 0.573 e. The highest BCUT2D eigenvalue weighted by Gasteiger charge is 2.31. The fourth-order valence-electron chi connectivity index (χ4n) is 3.72. The molecule has 1 fully saturated rings. The molecule has 0 atom stereocenters. The Morgan fingerprint density at radius 3 is 2.04 bits per heavy atom. The van der Waals surface area contributed by atoms with Crippen molar-refractivity contribution in [3.8, 4) is 5.75 Å². The van der Waals surface area contributed by atoms with Crippen LogP contribution in [0.4, 0.5) is 13.2 Å². The molecule has 1 saturated carbocycles. The van der Waals surface area contributed by atoms with Gasteiger partial charge in [0.15, 0.2) is 0 Å². The van der Waals surface area contributed by atoms with Crippen molar-refractivity contribution < 1.29 is 17.9 Å². The highest BCUT2D eigenvalue weighted by molar-refractivity contribution is 5.27. The Balaban J connectivity index is 1.67. The number of ether oxygens (including phenoxy) is 1. The van der Waals surface area contributed by atoms with E-state index in [1.165, 1.54) is 63.5 Å². The maximum Gasteiger partial charge on any atom is 0.573 e. The maximum absolute atomic E-state index is 12.1. The van der Waals surface area contributed by atoms with Gasteiger partial charge in [0.25, 0.3) is 0 Å². The second-order valence-electron chi connectivity index (χ2n) is 7.11. The first-order valence-electron chi connectivity index (χ1n) is 9.31. The van der Waals surface area contributed by atoms with Crippen molar-refractivity contribution >= 4 is 0 Å². The fourth-order valence-corrected chi connectivity index (χ4v) is 3.72. The van der Waals surface area contributed by atoms with Gasteiger partial charge >= 0.3 is 6.36 Å². The van der Waals surface area contributed by atoms with Crippen molar-refractivity contribution in [3.63, 3.8) is 0 Å². The van der Waals surface area contributed by atoms with E-state index in [2.05, 4.69) is 11.7 Å². The molecule has 0 unspecified atom stereocenters. The lowest BCUT2D eigenvalue weighted by Gasteiger charge is -2.28. The zero-order chi connectivity index (χ0) is 17.4. The summed E-state index contributed by atoms with van der Waals surface area (Å²) >= 11 is 0. The van der Waals surface area contributed by atoms with E-state index in [1.807, 2.05) is 0 Å². The molecular weight excluding hydrogens is 313 g/mol. The average molecular weight is 342 g/mol. The third-order valence-electron chi connectivity index (χ3n) is 5.18. The van der Waals surface area contributed by atoms with Crippen LogP contribution in [-0.4, -0.2) is 6.36 Å². The van der Waals surface area contributed by atoms with E-state index in [9.17, 15) is 13.2 Å². The van der Waals surface area contributed by atoms with Gasteiger partial charge in [-0.25, -0.2) is 0 Å². The summed E-state index contributed by atoms with van der Waals surface area (Å²) in [6, 6.07) is 6.32. The number of unbranched alkanes of at least 4 members (excludes halogenated alkanes) is 2. The Bertz CT molecular complexity index is 459. The standard InChI is InChI=1S/C20H29F3O/c1-2-3-4-5-16-6-8-17(9-7-16)10-11-18-12-14-19(15-13-18)24-20(21,22)23/h12-17H,2-11H2,1H3. The van der Waals surface area contributed by atoms with Crippen LogP contribution in [0.2, 0.25) is 0 Å². The summed E-state index contributed by atoms with van der Waals surface area (Å²) < 4.78 is 40.3. The molecule has 1 aromatic carbocycles. The first-order valence-corrected chi connectivity index (χ1v) is 9.31. The SMILES string of the molecule is CCCCCC1CCC(CCc2ccc(OC(F)(F)F)cc2)CC1. The zero-order valence-corrected chi connectivity index (χ0v) is 14.6. The molecule has 0 bridgehead atoms. The Labute approximate surface area is 143 Å². The molecule has 2 rings (SSSR count). The van der Waals surface area contributed by atoms with Crippen LogP contribution >= 0.6 is 0 Å². The summed E-state index contributed by atoms with van der Waals surface area (Å²) in [5.74, 6) is 1.56. The molecule has 1 nitrogen and oxygen atoms in total. The normalized spacial score (nSPS) is 21.7. The van der Waals surface area contributed by atoms with Gasteiger partial charge in [0, 0.05) is 0 Å². The van der Waals surface area contributed by atoms with Crippen molar-refractivity contribution in [2.75, 3.05) is 0 Å². The molecule has 0 N–H and O–H groups in total. The predicted octanol–water partition coefficient (Wildman–Crippen LogP) is 6.90. The van der Waals surface area contributed by atoms with Gasteiger partial charge in [-0.3, -0.25) is 0 Å². The number of aryl methyl sites for hydroxylation is 1. The zero-order valence-electron chi connectivity index (χ0n) is 14.6. The van der Waals surface area contributed by atoms with Crippen LogP contribution < -0.4 is 4.74 Å². The number of hydrogen-bond donors (Lipinski definition) is 0. The number of hydrogen-bond acceptors (Lipinski definition) is 1. The lowest BCUT2D eigenvalue weighted by Crippen LogP contribution is -2.17. The van der Waals surface area contributed by atoms with Crippen LogP contribution in [0.1, 0.15) is 70.3 Å². The Hall–Kier alpha value is -1.19. The molecule has 0 amide bonds. The van der Waals surface area contributed by atoms with Gasteiger partial charge in [-0.2, -0.15) is 0 Å². The van der Waals surface area contributed by atoms with Crippen molar-refractivity contribution in [1.82, 2.24) is 0 Å². The minimum Gasteiger partial charge on any atom is -0.406 e. The molecule has 0 spiro atoms. The maximum atomic E-state index is 12.1. The van der Waals surface area contributed by atoms with Gasteiger partial charge < -0.3 is 4.74 Å². The number of benzene rings is 1. The van der Waals surface area contributed by atoms with E-state index >= 15 is 0 Å². The van der Waals surface area contributed by atoms with E-state index in [1.54, 1.807) is 12.1 Å². The monoisotopic (exact) mass is 342 g/mol. The Morgan fingerprint density at radius 1 is 0.917 bits per heavy atom. The molecule has 0 aromatic heterocycles. The molecule has 1 aliphatic carbocycles. The summed E-state index contributed by atoms with van der Waals surface area (Å²) in [5, 5.41) is 0. The average Bonchev–Trinajstić information content (AvgIpc) is 2.54. The topological polar surface area (TPSA) is 9.23 Å². The van der Waals surface area contributed by atoms with Crippen LogP contribution in [0.25, 0.3) is 0 Å². The number of alkyl halides is 3. The van der Waals surface area contributed by atoms with Gasteiger partial charge in [0.2, 0.25) is 0 Å². The minimum absolute atomic E-state index is 0.140. The number of rotatable bonds is 8. The summed E-state index contributed by atoms with van der Waals surface area (Å²) in [7, 11) is 0. The molecule has 136 valence electrons. The Kier molecular flexibility index (Phi) is 7.44. The molecule has 4 heteroatoms. The van der Waals surface area contributed by atoms with Crippen LogP contribution in [0.5, 0.6) is 5.75 Å². The fraction of sp³-hybridized carbons (Fsp3) is 0.700. The van der Waals surface area contributed by atoms with Crippen LogP contribution in [0.15, 0.2) is 24.3 Å². The molecule has 1 aliphatic rings. The van der Waals surface area contributed by atoms with E-state index < -0.39 is 6.36 Å². The van der Waals surface area contributed by atoms with Crippen molar-refractivity contribution in [1.29, 1.82) is 0 Å². The van der Waals surface area contributed by atoms with Crippen LogP contribution in [0, 0.1) is 11.8 Å². The Morgan fingerprint density at radius 2 is 1.50 bits per heavy atom. The second kappa shape index (κ2) is 9.33. The lowest BCUT2D eigenvalue weighted by molar-refractivity contribution is -0.274. The summed E-state index contributed by atoms with van der Waals surface area (Å²) in [5.41, 5.74) is 1.09. The summed E-state index contributed by atoms with van der Waals surface area (Å²) in [6.45, 7) is 2.25. The highest BCUT2D eigenvalue weighted by Crippen LogP contribution is 2.34. The molecule has 0 saturated heterocycles. The molecule has 0 aliphatic heterocycles. The van der Waals surface area contributed by atoms with Crippen molar-refractivity contribution in [3.05, 3.63) is 29.8 Å². The first kappa shape index (κ1) is 19.1. The molecule has 24 heavy (non-hydrogen) atoms. The van der Waals surface area contributed by atoms with Gasteiger partial charge in [-0.1, -0.05) is 70.4 Å². The third-order valence-corrected chi connectivity index (χ3v) is 5.18. The molecule has 0 radical (unpaired) electrons. The summed E-state index contributed by atoms with van der Waals surface area (Å²) in [6.07, 6.45) is 8.21.